The number of hydrogen-bond donors (Lipinski definition) is 1. The third-order valence-electron chi connectivity index (χ3n) is 5.34. The van der Waals surface area contributed by atoms with Crippen molar-refractivity contribution in [2.45, 2.75) is 32.2 Å². The second-order valence-electron chi connectivity index (χ2n) is 7.08. The Balaban J connectivity index is 2.11. The van der Waals surface area contributed by atoms with Crippen LogP contribution in [-0.2, 0) is 5.54 Å². The molecule has 3 rings (SSSR count). The lowest BCUT2D eigenvalue weighted by Gasteiger charge is -2.37. The summed E-state index contributed by atoms with van der Waals surface area (Å²) in [6.07, 6.45) is 2.39. The third kappa shape index (κ3) is 3.89. The zero-order valence-electron chi connectivity index (χ0n) is 15.9. The molecule has 0 aromatic heterocycles. The van der Waals surface area contributed by atoms with Gasteiger partial charge >= 0.3 is 0 Å². The van der Waals surface area contributed by atoms with E-state index in [2.05, 4.69) is 110 Å². The van der Waals surface area contributed by atoms with Crippen LogP contribution < -0.4 is 5.32 Å². The molecule has 0 spiro atoms. The molecular formula is C25H29N. The second-order valence-corrected chi connectivity index (χ2v) is 7.08. The average molecular weight is 344 g/mol. The second kappa shape index (κ2) is 8.82. The fourth-order valence-electron chi connectivity index (χ4n) is 3.58. The minimum atomic E-state index is -0.336. The van der Waals surface area contributed by atoms with Gasteiger partial charge in [-0.3, -0.25) is 5.32 Å². The van der Waals surface area contributed by atoms with Crippen molar-refractivity contribution >= 4 is 0 Å². The number of rotatable bonds is 8. The number of nitrogens with one attached hydrogen (secondary N) is 1. The quantitative estimate of drug-likeness (QED) is 0.494. The van der Waals surface area contributed by atoms with Crippen molar-refractivity contribution in [2.24, 2.45) is 5.92 Å². The SMILES string of the molecule is CCC(C)CCNC(c1ccccc1)(c1ccccc1)c1ccccc1. The number of hydrogen-bond acceptors (Lipinski definition) is 1. The lowest BCUT2D eigenvalue weighted by atomic mass is 9.77. The highest BCUT2D eigenvalue weighted by molar-refractivity contribution is 5.49. The Hall–Kier alpha value is -2.38. The molecule has 0 aliphatic heterocycles. The molecule has 0 aliphatic rings. The predicted molar refractivity (Wildman–Crippen MR) is 111 cm³/mol. The molecule has 3 aromatic carbocycles. The van der Waals surface area contributed by atoms with Gasteiger partial charge in [0.25, 0.3) is 0 Å². The maximum atomic E-state index is 3.95. The van der Waals surface area contributed by atoms with Gasteiger partial charge in [-0.1, -0.05) is 111 Å². The highest BCUT2D eigenvalue weighted by Crippen LogP contribution is 2.36. The van der Waals surface area contributed by atoms with E-state index in [9.17, 15) is 0 Å². The van der Waals surface area contributed by atoms with Crippen LogP contribution in [0.4, 0.5) is 0 Å². The molecule has 1 atom stereocenters. The Bertz CT molecular complexity index is 668. The molecule has 0 heterocycles. The molecule has 1 N–H and O–H groups in total. The van der Waals surface area contributed by atoms with Gasteiger partial charge in [-0.2, -0.15) is 0 Å². The van der Waals surface area contributed by atoms with Gasteiger partial charge in [0.2, 0.25) is 0 Å². The van der Waals surface area contributed by atoms with Crippen molar-refractivity contribution in [3.05, 3.63) is 108 Å². The normalized spacial score (nSPS) is 12.7. The predicted octanol–water partition coefficient (Wildman–Crippen LogP) is 6.00. The molecule has 0 saturated carbocycles. The van der Waals surface area contributed by atoms with E-state index in [1.54, 1.807) is 0 Å². The molecule has 1 heteroatoms. The van der Waals surface area contributed by atoms with Crippen molar-refractivity contribution in [2.75, 3.05) is 6.54 Å². The average Bonchev–Trinajstić information content (AvgIpc) is 2.73. The summed E-state index contributed by atoms with van der Waals surface area (Å²) < 4.78 is 0. The molecule has 0 fully saturated rings. The Kier molecular flexibility index (Phi) is 6.25. The fourth-order valence-corrected chi connectivity index (χ4v) is 3.58. The van der Waals surface area contributed by atoms with E-state index < -0.39 is 0 Å². The van der Waals surface area contributed by atoms with Gasteiger partial charge in [0.1, 0.15) is 0 Å². The van der Waals surface area contributed by atoms with Gasteiger partial charge in [0, 0.05) is 0 Å². The van der Waals surface area contributed by atoms with Gasteiger partial charge in [0.05, 0.1) is 5.54 Å². The monoisotopic (exact) mass is 343 g/mol. The van der Waals surface area contributed by atoms with E-state index in [-0.39, 0.29) is 5.54 Å². The summed E-state index contributed by atoms with van der Waals surface area (Å²) in [6.45, 7) is 5.58. The van der Waals surface area contributed by atoms with Crippen LogP contribution >= 0.6 is 0 Å². The molecule has 0 aliphatic carbocycles. The van der Waals surface area contributed by atoms with E-state index in [1.165, 1.54) is 29.5 Å². The van der Waals surface area contributed by atoms with Gasteiger partial charge < -0.3 is 0 Å². The molecule has 26 heavy (non-hydrogen) atoms. The Labute approximate surface area is 158 Å². The molecule has 134 valence electrons. The smallest absolute Gasteiger partial charge is 0.0947 e. The van der Waals surface area contributed by atoms with Crippen LogP contribution in [0.5, 0.6) is 0 Å². The Morgan fingerprint density at radius 3 is 1.42 bits per heavy atom. The topological polar surface area (TPSA) is 12.0 Å². The summed E-state index contributed by atoms with van der Waals surface area (Å²) in [7, 11) is 0. The van der Waals surface area contributed by atoms with E-state index in [0.717, 1.165) is 12.5 Å². The molecule has 0 radical (unpaired) electrons. The minimum Gasteiger partial charge on any atom is -0.300 e. The summed E-state index contributed by atoms with van der Waals surface area (Å²) in [5.41, 5.74) is 3.50. The highest BCUT2D eigenvalue weighted by atomic mass is 15.0. The van der Waals surface area contributed by atoms with E-state index in [0.29, 0.717) is 0 Å². The first-order chi connectivity index (χ1) is 12.8. The molecule has 0 amide bonds. The lowest BCUT2D eigenvalue weighted by Crippen LogP contribution is -2.45. The molecule has 0 saturated heterocycles. The first kappa shape index (κ1) is 18.4. The van der Waals surface area contributed by atoms with Crippen molar-refractivity contribution in [1.29, 1.82) is 0 Å². The number of benzene rings is 3. The molecular weight excluding hydrogens is 314 g/mol. The van der Waals surface area contributed by atoms with Gasteiger partial charge in [0.15, 0.2) is 0 Å². The van der Waals surface area contributed by atoms with Crippen LogP contribution in [0.2, 0.25) is 0 Å². The largest absolute Gasteiger partial charge is 0.300 e. The molecule has 1 unspecified atom stereocenters. The molecule has 1 nitrogen and oxygen atoms in total. The van der Waals surface area contributed by atoms with Crippen LogP contribution in [-0.4, -0.2) is 6.54 Å². The maximum absolute atomic E-state index is 3.95. The van der Waals surface area contributed by atoms with Crippen molar-refractivity contribution in [3.8, 4) is 0 Å². The first-order valence-corrected chi connectivity index (χ1v) is 9.69. The van der Waals surface area contributed by atoms with Crippen LogP contribution in [0.25, 0.3) is 0 Å². The zero-order chi connectivity index (χ0) is 18.2. The van der Waals surface area contributed by atoms with E-state index in [1.807, 2.05) is 0 Å². The van der Waals surface area contributed by atoms with Crippen molar-refractivity contribution < 1.29 is 0 Å². The summed E-state index contributed by atoms with van der Waals surface area (Å²) in [5.74, 6) is 0.725. The summed E-state index contributed by atoms with van der Waals surface area (Å²) in [5, 5.41) is 3.95. The third-order valence-corrected chi connectivity index (χ3v) is 5.34. The molecule has 3 aromatic rings. The minimum absolute atomic E-state index is 0.336. The van der Waals surface area contributed by atoms with Crippen LogP contribution in [0.3, 0.4) is 0 Å². The van der Waals surface area contributed by atoms with Gasteiger partial charge in [-0.15, -0.1) is 0 Å². The van der Waals surface area contributed by atoms with Crippen molar-refractivity contribution in [1.82, 2.24) is 5.32 Å². The Morgan fingerprint density at radius 1 is 0.692 bits per heavy atom. The van der Waals surface area contributed by atoms with Crippen LogP contribution in [0, 0.1) is 5.92 Å². The standard InChI is InChI=1S/C25H29N/c1-3-21(2)19-20-26-25(22-13-7-4-8-14-22,23-15-9-5-10-16-23)24-17-11-6-12-18-24/h4-18,21,26H,3,19-20H2,1-2H3. The summed E-state index contributed by atoms with van der Waals surface area (Å²) in [4.78, 5) is 0. The van der Waals surface area contributed by atoms with E-state index >= 15 is 0 Å². The lowest BCUT2D eigenvalue weighted by molar-refractivity contribution is 0.419. The van der Waals surface area contributed by atoms with Crippen LogP contribution in [0.1, 0.15) is 43.4 Å². The van der Waals surface area contributed by atoms with Gasteiger partial charge in [-0.05, 0) is 35.6 Å². The fraction of sp³-hybridized carbons (Fsp3) is 0.280. The van der Waals surface area contributed by atoms with Gasteiger partial charge in [-0.25, -0.2) is 0 Å². The highest BCUT2D eigenvalue weighted by Gasteiger charge is 2.35. The van der Waals surface area contributed by atoms with E-state index in [4.69, 9.17) is 0 Å². The maximum Gasteiger partial charge on any atom is 0.0947 e. The zero-order valence-corrected chi connectivity index (χ0v) is 15.9. The first-order valence-electron chi connectivity index (χ1n) is 9.69. The van der Waals surface area contributed by atoms with Crippen molar-refractivity contribution in [3.63, 3.8) is 0 Å². The Morgan fingerprint density at radius 2 is 1.08 bits per heavy atom. The summed E-state index contributed by atoms with van der Waals surface area (Å²) >= 11 is 0. The van der Waals surface area contributed by atoms with Crippen LogP contribution in [0.15, 0.2) is 91.0 Å². The molecule has 0 bridgehead atoms. The summed E-state index contributed by atoms with van der Waals surface area (Å²) in [6, 6.07) is 32.4.